The summed E-state index contributed by atoms with van der Waals surface area (Å²) < 4.78 is 51.2. The Bertz CT molecular complexity index is 997. The first-order valence-corrected chi connectivity index (χ1v) is 8.80. The third kappa shape index (κ3) is 5.72. The molecule has 0 aliphatic rings. The van der Waals surface area contributed by atoms with E-state index >= 15 is 0 Å². The Labute approximate surface area is 166 Å². The summed E-state index contributed by atoms with van der Waals surface area (Å²) in [6.45, 7) is 1.65. The first-order chi connectivity index (χ1) is 13.9. The molecule has 0 saturated heterocycles. The van der Waals surface area contributed by atoms with Gasteiger partial charge in [0.2, 0.25) is 5.90 Å². The minimum atomic E-state index is -4.55. The molecule has 0 bridgehead atoms. The molecule has 29 heavy (non-hydrogen) atoms. The van der Waals surface area contributed by atoms with Crippen LogP contribution in [0.5, 0.6) is 11.5 Å². The fourth-order valence-electron chi connectivity index (χ4n) is 2.41. The lowest BCUT2D eigenvalue weighted by atomic mass is 10.2. The van der Waals surface area contributed by atoms with Crippen molar-refractivity contribution in [2.24, 2.45) is 4.99 Å². The van der Waals surface area contributed by atoms with Gasteiger partial charge in [-0.15, -0.1) is 0 Å². The van der Waals surface area contributed by atoms with E-state index in [1.807, 2.05) is 24.3 Å². The highest BCUT2D eigenvalue weighted by molar-refractivity contribution is 5.96. The number of halogens is 3. The van der Waals surface area contributed by atoms with E-state index in [-0.39, 0.29) is 11.6 Å². The average Bonchev–Trinajstić information content (AvgIpc) is 2.73. The Kier molecular flexibility index (Phi) is 6.34. The van der Waals surface area contributed by atoms with Crippen LogP contribution in [0.15, 0.2) is 102 Å². The van der Waals surface area contributed by atoms with Gasteiger partial charge in [-0.2, -0.15) is 13.2 Å². The molecule has 3 aromatic carbocycles. The summed E-state index contributed by atoms with van der Waals surface area (Å²) in [4.78, 5) is 4.37. The molecule has 148 valence electrons. The monoisotopic (exact) mass is 397 g/mol. The van der Waals surface area contributed by atoms with Crippen molar-refractivity contribution in [3.05, 3.63) is 102 Å². The maximum absolute atomic E-state index is 13.3. The maximum Gasteiger partial charge on any atom is 0.419 e. The molecule has 3 rings (SSSR count). The maximum atomic E-state index is 13.3. The second kappa shape index (κ2) is 9.10. The molecule has 0 radical (unpaired) electrons. The smallest absolute Gasteiger partial charge is 0.419 e. The van der Waals surface area contributed by atoms with E-state index in [1.165, 1.54) is 24.5 Å². The molecule has 0 aliphatic heterocycles. The van der Waals surface area contributed by atoms with E-state index in [1.54, 1.807) is 43.3 Å². The van der Waals surface area contributed by atoms with Crippen molar-refractivity contribution in [1.29, 1.82) is 0 Å². The molecule has 3 aromatic rings. The average molecular weight is 397 g/mol. The summed E-state index contributed by atoms with van der Waals surface area (Å²) >= 11 is 0. The van der Waals surface area contributed by atoms with Crippen molar-refractivity contribution in [2.45, 2.75) is 13.1 Å². The van der Waals surface area contributed by atoms with Crippen molar-refractivity contribution in [3.63, 3.8) is 0 Å². The van der Waals surface area contributed by atoms with Crippen molar-refractivity contribution < 1.29 is 22.6 Å². The summed E-state index contributed by atoms with van der Waals surface area (Å²) in [7, 11) is 0. The molecule has 0 saturated carbocycles. The Morgan fingerprint density at radius 3 is 2.07 bits per heavy atom. The number of nitrogens with zero attached hydrogens (tertiary/aromatic N) is 1. The van der Waals surface area contributed by atoms with Gasteiger partial charge in [-0.25, -0.2) is 4.99 Å². The third-order valence-electron chi connectivity index (χ3n) is 3.84. The molecule has 3 nitrogen and oxygen atoms in total. The Morgan fingerprint density at radius 1 is 0.828 bits per heavy atom. The van der Waals surface area contributed by atoms with E-state index in [4.69, 9.17) is 9.47 Å². The van der Waals surface area contributed by atoms with Crippen LogP contribution in [0.25, 0.3) is 0 Å². The second-order valence-corrected chi connectivity index (χ2v) is 6.08. The van der Waals surface area contributed by atoms with Gasteiger partial charge in [0.05, 0.1) is 17.5 Å². The van der Waals surface area contributed by atoms with Crippen LogP contribution in [0.4, 0.5) is 18.9 Å². The largest absolute Gasteiger partial charge is 0.465 e. The van der Waals surface area contributed by atoms with Crippen LogP contribution in [0, 0.1) is 0 Å². The highest BCUT2D eigenvalue weighted by atomic mass is 19.4. The molecule has 6 heteroatoms. The van der Waals surface area contributed by atoms with Crippen molar-refractivity contribution in [1.82, 2.24) is 0 Å². The molecule has 0 spiro atoms. The van der Waals surface area contributed by atoms with E-state index in [9.17, 15) is 13.2 Å². The van der Waals surface area contributed by atoms with Crippen LogP contribution in [-0.4, -0.2) is 5.90 Å². The summed E-state index contributed by atoms with van der Waals surface area (Å²) in [6.07, 6.45) is -3.15. The van der Waals surface area contributed by atoms with Crippen LogP contribution in [0.1, 0.15) is 12.5 Å². The van der Waals surface area contributed by atoms with Gasteiger partial charge in [-0.1, -0.05) is 48.5 Å². The fourth-order valence-corrected chi connectivity index (χ4v) is 2.41. The number of aliphatic imine (C=N–C) groups is 1. The Balaban J connectivity index is 1.95. The van der Waals surface area contributed by atoms with E-state index in [0.717, 1.165) is 6.07 Å². The van der Waals surface area contributed by atoms with Gasteiger partial charge < -0.3 is 9.47 Å². The molecule has 0 heterocycles. The predicted octanol–water partition coefficient (Wildman–Crippen LogP) is 6.80. The number of hydrogen-bond donors (Lipinski definition) is 0. The van der Waals surface area contributed by atoms with Crippen LogP contribution < -0.4 is 9.47 Å². The zero-order valence-electron chi connectivity index (χ0n) is 15.6. The molecular formula is C23H18F3NO2. The van der Waals surface area contributed by atoms with Crippen LogP contribution in [-0.2, 0) is 6.18 Å². The first kappa shape index (κ1) is 20.2. The fraction of sp³-hybridized carbons (Fsp3) is 0.0870. The number of benzene rings is 3. The van der Waals surface area contributed by atoms with E-state index < -0.39 is 11.7 Å². The van der Waals surface area contributed by atoms with Gasteiger partial charge in [-0.3, -0.25) is 0 Å². The highest BCUT2D eigenvalue weighted by Crippen LogP contribution is 2.36. The van der Waals surface area contributed by atoms with Gasteiger partial charge in [0.25, 0.3) is 0 Å². The second-order valence-electron chi connectivity index (χ2n) is 6.08. The zero-order valence-corrected chi connectivity index (χ0v) is 15.6. The van der Waals surface area contributed by atoms with Crippen LogP contribution in [0.3, 0.4) is 0 Å². The van der Waals surface area contributed by atoms with Crippen molar-refractivity contribution in [3.8, 4) is 11.5 Å². The SMILES string of the molecule is CC(=C\Oc1ccccc1)/C(=N\c1ccccc1)Oc1ccccc1C(F)(F)F. The van der Waals surface area contributed by atoms with Gasteiger partial charge in [0.1, 0.15) is 11.5 Å². The Morgan fingerprint density at radius 2 is 1.41 bits per heavy atom. The number of hydrogen-bond acceptors (Lipinski definition) is 3. The number of ether oxygens (including phenoxy) is 2. The molecule has 0 aromatic heterocycles. The summed E-state index contributed by atoms with van der Waals surface area (Å²) in [6, 6.07) is 22.8. The number of alkyl halides is 3. The van der Waals surface area contributed by atoms with Crippen molar-refractivity contribution in [2.75, 3.05) is 0 Å². The molecule has 0 aliphatic carbocycles. The summed E-state index contributed by atoms with van der Waals surface area (Å²) in [5.41, 5.74) is 0.0895. The van der Waals surface area contributed by atoms with Gasteiger partial charge in [0, 0.05) is 5.57 Å². The Hall–Kier alpha value is -3.54. The third-order valence-corrected chi connectivity index (χ3v) is 3.84. The first-order valence-electron chi connectivity index (χ1n) is 8.80. The number of para-hydroxylation sites is 3. The minimum absolute atomic E-state index is 0.00355. The standard InChI is InChI=1S/C23H18F3NO2/c1-17(16-28-19-12-6-3-7-13-19)22(27-18-10-4-2-5-11-18)29-21-15-9-8-14-20(21)23(24,25)26/h2-16H,1H3/b17-16+,27-22+. The molecule has 0 fully saturated rings. The molecular weight excluding hydrogens is 379 g/mol. The molecule has 0 N–H and O–H groups in total. The summed E-state index contributed by atoms with van der Waals surface area (Å²) in [5.74, 6) is 0.257. The summed E-state index contributed by atoms with van der Waals surface area (Å²) in [5, 5.41) is 0. The quantitative estimate of drug-likeness (QED) is 0.269. The number of rotatable bonds is 5. The minimum Gasteiger partial charge on any atom is -0.465 e. The van der Waals surface area contributed by atoms with Crippen LogP contribution >= 0.6 is 0 Å². The lowest BCUT2D eigenvalue weighted by Gasteiger charge is -2.15. The highest BCUT2D eigenvalue weighted by Gasteiger charge is 2.34. The zero-order chi connectivity index (χ0) is 20.7. The van der Waals surface area contributed by atoms with E-state index in [2.05, 4.69) is 4.99 Å². The molecule has 0 unspecified atom stereocenters. The van der Waals surface area contributed by atoms with Gasteiger partial charge in [-0.05, 0) is 43.3 Å². The predicted molar refractivity (Wildman–Crippen MR) is 106 cm³/mol. The lowest BCUT2D eigenvalue weighted by molar-refractivity contribution is -0.138. The normalized spacial score (nSPS) is 12.6. The van der Waals surface area contributed by atoms with E-state index in [0.29, 0.717) is 17.0 Å². The van der Waals surface area contributed by atoms with Gasteiger partial charge >= 0.3 is 6.18 Å². The lowest BCUT2D eigenvalue weighted by Crippen LogP contribution is -2.15. The molecule has 0 atom stereocenters. The van der Waals surface area contributed by atoms with Crippen LogP contribution in [0.2, 0.25) is 0 Å². The van der Waals surface area contributed by atoms with Gasteiger partial charge in [0.15, 0.2) is 0 Å². The molecule has 0 amide bonds. The topological polar surface area (TPSA) is 30.8 Å². The van der Waals surface area contributed by atoms with Crippen molar-refractivity contribution >= 4 is 11.6 Å².